The zero-order chi connectivity index (χ0) is 12.8. The van der Waals surface area contributed by atoms with E-state index in [1.54, 1.807) is 0 Å². The molecule has 1 aromatic rings. The van der Waals surface area contributed by atoms with E-state index >= 15 is 0 Å². The van der Waals surface area contributed by atoms with Gasteiger partial charge in [-0.25, -0.2) is 0 Å². The molecule has 1 aromatic heterocycles. The van der Waals surface area contributed by atoms with Gasteiger partial charge in [0.1, 0.15) is 0 Å². The third kappa shape index (κ3) is 3.79. The maximum Gasteiger partial charge on any atom is 0.0416 e. The first-order chi connectivity index (χ1) is 8.79. The fraction of sp³-hybridized carbons (Fsp3) is 0.667. The predicted molar refractivity (Wildman–Crippen MR) is 75.7 cm³/mol. The average Bonchev–Trinajstić information content (AvgIpc) is 2.41. The van der Waals surface area contributed by atoms with Gasteiger partial charge in [-0.2, -0.15) is 0 Å². The summed E-state index contributed by atoms with van der Waals surface area (Å²) in [6.45, 7) is 8.00. The van der Waals surface area contributed by atoms with Gasteiger partial charge in [0.05, 0.1) is 0 Å². The Kier molecular flexibility index (Phi) is 5.14. The van der Waals surface area contributed by atoms with Crippen LogP contribution in [0, 0.1) is 0 Å². The normalized spacial score (nSPS) is 25.2. The van der Waals surface area contributed by atoms with Crippen molar-refractivity contribution < 1.29 is 0 Å². The van der Waals surface area contributed by atoms with Crippen LogP contribution in [0.3, 0.4) is 0 Å². The van der Waals surface area contributed by atoms with Crippen LogP contribution in [0.1, 0.15) is 32.4 Å². The van der Waals surface area contributed by atoms with Gasteiger partial charge in [-0.05, 0) is 25.5 Å². The number of aromatic nitrogens is 1. The van der Waals surface area contributed by atoms with E-state index in [4.69, 9.17) is 0 Å². The Labute approximate surface area is 111 Å². The molecule has 1 fully saturated rings. The minimum Gasteiger partial charge on any atom is -0.311 e. The van der Waals surface area contributed by atoms with Crippen LogP contribution in [0.15, 0.2) is 24.4 Å². The van der Waals surface area contributed by atoms with Crippen molar-refractivity contribution in [3.63, 3.8) is 0 Å². The molecule has 0 bridgehead atoms. The van der Waals surface area contributed by atoms with E-state index in [1.807, 2.05) is 12.3 Å². The molecule has 1 saturated heterocycles. The molecule has 0 saturated carbocycles. The van der Waals surface area contributed by atoms with Crippen LogP contribution >= 0.6 is 0 Å². The second-order valence-corrected chi connectivity index (χ2v) is 5.31. The standard InChI is InChI=1S/C15H25N3/c1-3-6-15-12-18(13(2)11-17-15)10-8-14-7-4-5-9-16-14/h4-5,7,9,13,15,17H,3,6,8,10-12H2,1-2H3. The lowest BCUT2D eigenvalue weighted by Crippen LogP contribution is -2.55. The molecule has 1 aliphatic rings. The highest BCUT2D eigenvalue weighted by atomic mass is 15.2. The summed E-state index contributed by atoms with van der Waals surface area (Å²) in [7, 11) is 0. The van der Waals surface area contributed by atoms with Crippen molar-refractivity contribution in [1.29, 1.82) is 0 Å². The number of pyridine rings is 1. The highest BCUT2D eigenvalue weighted by Gasteiger charge is 2.23. The molecule has 2 rings (SSSR count). The van der Waals surface area contributed by atoms with Crippen molar-refractivity contribution in [2.24, 2.45) is 0 Å². The van der Waals surface area contributed by atoms with Gasteiger partial charge in [0.15, 0.2) is 0 Å². The van der Waals surface area contributed by atoms with E-state index in [-0.39, 0.29) is 0 Å². The molecule has 3 nitrogen and oxygen atoms in total. The van der Waals surface area contributed by atoms with Crippen molar-refractivity contribution >= 4 is 0 Å². The Hall–Kier alpha value is -0.930. The number of hydrogen-bond donors (Lipinski definition) is 1. The maximum absolute atomic E-state index is 4.40. The zero-order valence-corrected chi connectivity index (χ0v) is 11.6. The molecule has 0 radical (unpaired) electrons. The van der Waals surface area contributed by atoms with Crippen molar-refractivity contribution in [2.45, 2.75) is 45.2 Å². The summed E-state index contributed by atoms with van der Waals surface area (Å²) >= 11 is 0. The van der Waals surface area contributed by atoms with E-state index in [9.17, 15) is 0 Å². The largest absolute Gasteiger partial charge is 0.311 e. The van der Waals surface area contributed by atoms with Crippen molar-refractivity contribution in [3.05, 3.63) is 30.1 Å². The Morgan fingerprint density at radius 3 is 3.06 bits per heavy atom. The molecule has 3 heteroatoms. The zero-order valence-electron chi connectivity index (χ0n) is 11.6. The lowest BCUT2D eigenvalue weighted by Gasteiger charge is -2.38. The second kappa shape index (κ2) is 6.86. The number of rotatable bonds is 5. The molecule has 1 aliphatic heterocycles. The number of piperazine rings is 1. The number of nitrogens with one attached hydrogen (secondary N) is 1. The molecule has 0 amide bonds. The van der Waals surface area contributed by atoms with Crippen LogP contribution in [-0.4, -0.2) is 41.6 Å². The van der Waals surface area contributed by atoms with E-state index in [0.29, 0.717) is 12.1 Å². The molecule has 0 spiro atoms. The van der Waals surface area contributed by atoms with Crippen LogP contribution in [0.2, 0.25) is 0 Å². The Balaban J connectivity index is 1.83. The summed E-state index contributed by atoms with van der Waals surface area (Å²) < 4.78 is 0. The van der Waals surface area contributed by atoms with Crippen molar-refractivity contribution in [3.8, 4) is 0 Å². The van der Waals surface area contributed by atoms with Gasteiger partial charge < -0.3 is 5.32 Å². The minimum atomic E-state index is 0.641. The van der Waals surface area contributed by atoms with Crippen LogP contribution in [0.25, 0.3) is 0 Å². The Bertz CT molecular complexity index is 339. The molecule has 2 heterocycles. The molecule has 2 unspecified atom stereocenters. The molecule has 0 aromatic carbocycles. The first kappa shape index (κ1) is 13.5. The van der Waals surface area contributed by atoms with Gasteiger partial charge in [-0.3, -0.25) is 9.88 Å². The average molecular weight is 247 g/mol. The molecule has 0 aliphatic carbocycles. The summed E-state index contributed by atoms with van der Waals surface area (Å²) in [5.41, 5.74) is 1.20. The van der Waals surface area contributed by atoms with E-state index in [2.05, 4.69) is 41.2 Å². The monoisotopic (exact) mass is 247 g/mol. The van der Waals surface area contributed by atoms with Gasteiger partial charge in [-0.1, -0.05) is 19.4 Å². The van der Waals surface area contributed by atoms with Crippen LogP contribution < -0.4 is 5.32 Å². The maximum atomic E-state index is 4.40. The fourth-order valence-electron chi connectivity index (χ4n) is 2.65. The molecule has 2 atom stereocenters. The summed E-state index contributed by atoms with van der Waals surface area (Å²) in [5, 5.41) is 3.64. The highest BCUT2D eigenvalue weighted by molar-refractivity contribution is 5.04. The molecule has 18 heavy (non-hydrogen) atoms. The quantitative estimate of drug-likeness (QED) is 0.863. The first-order valence-electron chi connectivity index (χ1n) is 7.17. The smallest absolute Gasteiger partial charge is 0.0416 e. The fourth-order valence-corrected chi connectivity index (χ4v) is 2.65. The van der Waals surface area contributed by atoms with Crippen LogP contribution in [-0.2, 0) is 6.42 Å². The van der Waals surface area contributed by atoms with Crippen molar-refractivity contribution in [1.82, 2.24) is 15.2 Å². The van der Waals surface area contributed by atoms with Gasteiger partial charge in [0, 0.05) is 50.0 Å². The van der Waals surface area contributed by atoms with E-state index in [1.165, 1.54) is 25.1 Å². The second-order valence-electron chi connectivity index (χ2n) is 5.31. The van der Waals surface area contributed by atoms with Gasteiger partial charge in [0.2, 0.25) is 0 Å². The Morgan fingerprint density at radius 2 is 2.33 bits per heavy atom. The minimum absolute atomic E-state index is 0.641. The lowest BCUT2D eigenvalue weighted by molar-refractivity contribution is 0.138. The summed E-state index contributed by atoms with van der Waals surface area (Å²) in [6, 6.07) is 7.49. The molecule has 1 N–H and O–H groups in total. The summed E-state index contributed by atoms with van der Waals surface area (Å²) in [4.78, 5) is 7.00. The lowest BCUT2D eigenvalue weighted by atomic mass is 10.1. The van der Waals surface area contributed by atoms with Gasteiger partial charge in [0.25, 0.3) is 0 Å². The first-order valence-corrected chi connectivity index (χ1v) is 7.17. The topological polar surface area (TPSA) is 28.2 Å². The summed E-state index contributed by atoms with van der Waals surface area (Å²) in [5.74, 6) is 0. The number of nitrogens with zero attached hydrogens (tertiary/aromatic N) is 2. The van der Waals surface area contributed by atoms with Crippen molar-refractivity contribution in [2.75, 3.05) is 19.6 Å². The van der Waals surface area contributed by atoms with Gasteiger partial charge in [-0.15, -0.1) is 0 Å². The molecule has 100 valence electrons. The van der Waals surface area contributed by atoms with E-state index < -0.39 is 0 Å². The third-order valence-corrected chi connectivity index (χ3v) is 3.80. The SMILES string of the molecule is CCCC1CN(CCc2ccccn2)C(C)CN1. The van der Waals surface area contributed by atoms with E-state index in [0.717, 1.165) is 19.5 Å². The Morgan fingerprint density at radius 1 is 1.44 bits per heavy atom. The van der Waals surface area contributed by atoms with Gasteiger partial charge >= 0.3 is 0 Å². The predicted octanol–water partition coefficient (Wildman–Crippen LogP) is 2.09. The third-order valence-electron chi connectivity index (χ3n) is 3.80. The molecular formula is C15H25N3. The molecular weight excluding hydrogens is 222 g/mol. The van der Waals surface area contributed by atoms with Crippen LogP contribution in [0.4, 0.5) is 0 Å². The number of hydrogen-bond acceptors (Lipinski definition) is 3. The highest BCUT2D eigenvalue weighted by Crippen LogP contribution is 2.11. The van der Waals surface area contributed by atoms with Crippen LogP contribution in [0.5, 0.6) is 0 Å². The summed E-state index contributed by atoms with van der Waals surface area (Å²) in [6.07, 6.45) is 5.49.